The zero-order valence-electron chi connectivity index (χ0n) is 19.2. The lowest BCUT2D eigenvalue weighted by Crippen LogP contribution is -2.23. The number of carbonyl (C=O) groups excluding carboxylic acids is 1. The first-order chi connectivity index (χ1) is 15.9. The molecule has 0 bridgehead atoms. The highest BCUT2D eigenvalue weighted by Gasteiger charge is 2.20. The molecule has 0 saturated carbocycles. The van der Waals surface area contributed by atoms with Crippen LogP contribution < -0.4 is 9.64 Å². The first-order valence-corrected chi connectivity index (χ1v) is 12.2. The molecular formula is C24H25N5O2S2. The molecule has 2 aromatic carbocycles. The molecule has 0 atom stereocenters. The lowest BCUT2D eigenvalue weighted by Gasteiger charge is -2.21. The van der Waals surface area contributed by atoms with Crippen LogP contribution in [0.25, 0.3) is 11.4 Å². The maximum Gasteiger partial charge on any atom is 0.230 e. The second kappa shape index (κ2) is 9.76. The van der Waals surface area contributed by atoms with E-state index in [1.54, 1.807) is 30.7 Å². The quantitative estimate of drug-likeness (QED) is 0.324. The fraction of sp³-hybridized carbons (Fsp3) is 0.250. The number of benzene rings is 2. The lowest BCUT2D eigenvalue weighted by molar-refractivity contribution is -0.115. The predicted molar refractivity (Wildman–Crippen MR) is 133 cm³/mol. The Kier molecular flexibility index (Phi) is 6.80. The Morgan fingerprint density at radius 3 is 2.61 bits per heavy atom. The number of thiazole rings is 1. The number of thioether (sulfide) groups is 1. The summed E-state index contributed by atoms with van der Waals surface area (Å²) < 4.78 is 7.19. The van der Waals surface area contributed by atoms with Gasteiger partial charge in [-0.1, -0.05) is 23.9 Å². The number of carbonyl (C=O) groups is 1. The van der Waals surface area contributed by atoms with Crippen LogP contribution in [-0.2, 0) is 17.6 Å². The standard InChI is InChI=1S/C24H25N5O2S2/c1-15-7-6-8-21(16(15)2)29(17(3)30)23-25-19(13-32-23)14-33-24-27-26-22(28(24)4)18-9-11-20(31-5)12-10-18/h6-13H,14H2,1-5H3. The van der Waals surface area contributed by atoms with Crippen LogP contribution in [0.1, 0.15) is 23.7 Å². The molecule has 1 amide bonds. The van der Waals surface area contributed by atoms with Gasteiger partial charge in [0.05, 0.1) is 18.5 Å². The van der Waals surface area contributed by atoms with Gasteiger partial charge in [0.25, 0.3) is 0 Å². The zero-order valence-corrected chi connectivity index (χ0v) is 20.8. The molecule has 0 saturated heterocycles. The van der Waals surface area contributed by atoms with Gasteiger partial charge in [-0.15, -0.1) is 21.5 Å². The van der Waals surface area contributed by atoms with Crippen LogP contribution in [0.4, 0.5) is 10.8 Å². The highest BCUT2D eigenvalue weighted by molar-refractivity contribution is 7.98. The summed E-state index contributed by atoms with van der Waals surface area (Å²) in [6.07, 6.45) is 0. The number of aryl methyl sites for hydroxylation is 1. The van der Waals surface area contributed by atoms with Gasteiger partial charge in [-0.05, 0) is 55.3 Å². The minimum absolute atomic E-state index is 0.0605. The molecule has 33 heavy (non-hydrogen) atoms. The van der Waals surface area contributed by atoms with Gasteiger partial charge in [0.1, 0.15) is 5.75 Å². The van der Waals surface area contributed by atoms with Crippen molar-refractivity contribution in [2.24, 2.45) is 7.05 Å². The molecule has 7 nitrogen and oxygen atoms in total. The fourth-order valence-corrected chi connectivity index (χ4v) is 5.21. The van der Waals surface area contributed by atoms with Crippen LogP contribution in [0.15, 0.2) is 53.0 Å². The van der Waals surface area contributed by atoms with Gasteiger partial charge in [0, 0.05) is 30.7 Å². The summed E-state index contributed by atoms with van der Waals surface area (Å²) in [5, 5.41) is 12.2. The van der Waals surface area contributed by atoms with Crippen molar-refractivity contribution < 1.29 is 9.53 Å². The van der Waals surface area contributed by atoms with Crippen LogP contribution in [-0.4, -0.2) is 32.8 Å². The summed E-state index contributed by atoms with van der Waals surface area (Å²) in [5.74, 6) is 2.16. The van der Waals surface area contributed by atoms with Gasteiger partial charge in [-0.25, -0.2) is 4.98 Å². The molecule has 0 fully saturated rings. The molecule has 2 heterocycles. The molecule has 2 aromatic heterocycles. The van der Waals surface area contributed by atoms with E-state index < -0.39 is 0 Å². The molecular weight excluding hydrogens is 454 g/mol. The second-order valence-electron chi connectivity index (χ2n) is 7.58. The van der Waals surface area contributed by atoms with Gasteiger partial charge >= 0.3 is 0 Å². The average Bonchev–Trinajstić information content (AvgIpc) is 3.42. The molecule has 170 valence electrons. The van der Waals surface area contributed by atoms with Crippen molar-refractivity contribution in [1.82, 2.24) is 19.7 Å². The summed E-state index contributed by atoms with van der Waals surface area (Å²) in [6.45, 7) is 5.64. The van der Waals surface area contributed by atoms with Crippen LogP contribution in [0.2, 0.25) is 0 Å². The van der Waals surface area contributed by atoms with Crippen LogP contribution in [0.5, 0.6) is 5.75 Å². The summed E-state index contributed by atoms with van der Waals surface area (Å²) >= 11 is 3.03. The Morgan fingerprint density at radius 2 is 1.91 bits per heavy atom. The van der Waals surface area contributed by atoms with Crippen LogP contribution >= 0.6 is 23.1 Å². The van der Waals surface area contributed by atoms with Crippen molar-refractivity contribution in [3.05, 3.63) is 64.7 Å². The van der Waals surface area contributed by atoms with Crippen molar-refractivity contribution in [1.29, 1.82) is 0 Å². The molecule has 0 aliphatic rings. The summed E-state index contributed by atoms with van der Waals surface area (Å²) in [6, 6.07) is 13.7. The zero-order chi connectivity index (χ0) is 23.5. The number of methoxy groups -OCH3 is 1. The molecule has 0 spiro atoms. The Morgan fingerprint density at radius 1 is 1.15 bits per heavy atom. The van der Waals surface area contributed by atoms with E-state index in [4.69, 9.17) is 9.72 Å². The number of ether oxygens (including phenoxy) is 1. The molecule has 4 aromatic rings. The third-order valence-corrected chi connectivity index (χ3v) is 7.32. The van der Waals surface area contributed by atoms with E-state index in [1.807, 2.05) is 73.3 Å². The van der Waals surface area contributed by atoms with E-state index in [2.05, 4.69) is 10.2 Å². The molecule has 0 aliphatic heterocycles. The first kappa shape index (κ1) is 23.0. The summed E-state index contributed by atoms with van der Waals surface area (Å²) in [5.41, 5.74) is 4.95. The Hall–Kier alpha value is -3.17. The third kappa shape index (κ3) is 4.79. The van der Waals surface area contributed by atoms with Crippen LogP contribution in [0, 0.1) is 13.8 Å². The van der Waals surface area contributed by atoms with Crippen molar-refractivity contribution in [2.75, 3.05) is 12.0 Å². The van der Waals surface area contributed by atoms with E-state index in [0.29, 0.717) is 10.9 Å². The molecule has 0 radical (unpaired) electrons. The molecule has 0 unspecified atom stereocenters. The maximum absolute atomic E-state index is 12.5. The summed E-state index contributed by atoms with van der Waals surface area (Å²) in [7, 11) is 3.60. The lowest BCUT2D eigenvalue weighted by atomic mass is 10.1. The Bertz CT molecular complexity index is 1280. The number of anilines is 2. The van der Waals surface area contributed by atoms with E-state index >= 15 is 0 Å². The molecule has 0 N–H and O–H groups in total. The largest absolute Gasteiger partial charge is 0.497 e. The van der Waals surface area contributed by atoms with E-state index in [-0.39, 0.29) is 5.91 Å². The topological polar surface area (TPSA) is 73.1 Å². The maximum atomic E-state index is 12.5. The van der Waals surface area contributed by atoms with Gasteiger partial charge in [0.2, 0.25) is 5.91 Å². The molecule has 9 heteroatoms. The van der Waals surface area contributed by atoms with Crippen molar-refractivity contribution in [3.8, 4) is 17.1 Å². The SMILES string of the molecule is COc1ccc(-c2nnc(SCc3csc(N(C(C)=O)c4cccc(C)c4C)n3)n2C)cc1. The van der Waals surface area contributed by atoms with Crippen molar-refractivity contribution in [2.45, 2.75) is 31.7 Å². The van der Waals surface area contributed by atoms with Crippen molar-refractivity contribution >= 4 is 39.8 Å². The van der Waals surface area contributed by atoms with E-state index in [9.17, 15) is 4.79 Å². The number of hydrogen-bond acceptors (Lipinski definition) is 7. The number of nitrogens with zero attached hydrogens (tertiary/aromatic N) is 5. The Labute approximate surface area is 201 Å². The Balaban J connectivity index is 1.50. The van der Waals surface area contributed by atoms with Crippen molar-refractivity contribution in [3.63, 3.8) is 0 Å². The van der Waals surface area contributed by atoms with Gasteiger partial charge in [-0.3, -0.25) is 9.69 Å². The summed E-state index contributed by atoms with van der Waals surface area (Å²) in [4.78, 5) is 18.9. The smallest absolute Gasteiger partial charge is 0.230 e. The van der Waals surface area contributed by atoms with Gasteiger partial charge < -0.3 is 9.30 Å². The first-order valence-electron chi connectivity index (χ1n) is 10.4. The number of aromatic nitrogens is 4. The molecule has 4 rings (SSSR count). The third-order valence-electron chi connectivity index (χ3n) is 5.40. The highest BCUT2D eigenvalue weighted by Crippen LogP contribution is 2.34. The second-order valence-corrected chi connectivity index (χ2v) is 9.36. The molecule has 0 aliphatic carbocycles. The predicted octanol–water partition coefficient (Wildman–Crippen LogP) is 5.54. The fourth-order valence-electron chi connectivity index (χ4n) is 3.42. The van der Waals surface area contributed by atoms with E-state index in [0.717, 1.165) is 44.8 Å². The van der Waals surface area contributed by atoms with Gasteiger partial charge in [-0.2, -0.15) is 0 Å². The minimum Gasteiger partial charge on any atom is -0.497 e. The number of rotatable bonds is 7. The van der Waals surface area contributed by atoms with Crippen LogP contribution in [0.3, 0.4) is 0 Å². The normalized spacial score (nSPS) is 10.9. The van der Waals surface area contributed by atoms with Gasteiger partial charge in [0.15, 0.2) is 16.1 Å². The average molecular weight is 480 g/mol. The number of amides is 1. The monoisotopic (exact) mass is 479 g/mol. The highest BCUT2D eigenvalue weighted by atomic mass is 32.2. The number of hydrogen-bond donors (Lipinski definition) is 0. The minimum atomic E-state index is -0.0605. The van der Waals surface area contributed by atoms with E-state index in [1.165, 1.54) is 11.3 Å².